The Kier molecular flexibility index (Phi) is 6.99. The molecule has 3 aromatic rings. The van der Waals surface area contributed by atoms with Crippen molar-refractivity contribution in [3.63, 3.8) is 0 Å². The van der Waals surface area contributed by atoms with Crippen molar-refractivity contribution in [3.05, 3.63) is 89.5 Å². The molecule has 0 saturated carbocycles. The van der Waals surface area contributed by atoms with Gasteiger partial charge in [-0.3, -0.25) is 0 Å². The minimum absolute atomic E-state index is 0.735. The minimum atomic E-state index is -3.09. The van der Waals surface area contributed by atoms with Gasteiger partial charge in [-0.25, -0.2) is 0 Å². The van der Waals surface area contributed by atoms with E-state index >= 15 is 0 Å². The summed E-state index contributed by atoms with van der Waals surface area (Å²) in [5.74, 6) is 2.33. The van der Waals surface area contributed by atoms with Crippen LogP contribution in [0.3, 0.4) is 0 Å². The van der Waals surface area contributed by atoms with E-state index in [1.165, 1.54) is 16.7 Å². The third kappa shape index (κ3) is 6.13. The fourth-order valence-corrected chi connectivity index (χ4v) is 5.67. The molecule has 0 aromatic heterocycles. The highest BCUT2D eigenvalue weighted by Crippen LogP contribution is 2.28. The Morgan fingerprint density at radius 1 is 0.552 bits per heavy atom. The molecule has 0 saturated heterocycles. The van der Waals surface area contributed by atoms with Gasteiger partial charge in [0.2, 0.25) is 0 Å². The molecule has 0 radical (unpaired) electrons. The van der Waals surface area contributed by atoms with Gasteiger partial charge < -0.3 is 13.3 Å². The molecule has 0 aliphatic carbocycles. The normalized spacial score (nSPS) is 11.2. The Hall–Kier alpha value is -2.72. The molecular formula is C25H30O3Si. The summed E-state index contributed by atoms with van der Waals surface area (Å²) >= 11 is 0. The lowest BCUT2D eigenvalue weighted by atomic mass is 10.2. The lowest BCUT2D eigenvalue weighted by Crippen LogP contribution is -2.54. The van der Waals surface area contributed by atoms with Crippen LogP contribution in [0.4, 0.5) is 0 Å². The summed E-state index contributed by atoms with van der Waals surface area (Å²) in [6, 6.07) is 24.9. The third-order valence-corrected chi connectivity index (χ3v) is 7.33. The minimum Gasteiger partial charge on any atom is -0.483 e. The fraction of sp³-hybridized carbons (Fsp3) is 0.280. The first kappa shape index (κ1) is 21.0. The third-order valence-electron chi connectivity index (χ3n) is 4.72. The lowest BCUT2D eigenvalue weighted by molar-refractivity contribution is 0.258. The molecule has 0 N–H and O–H groups in total. The van der Waals surface area contributed by atoms with Gasteiger partial charge in [-0.15, -0.1) is 0 Å². The fourth-order valence-electron chi connectivity index (χ4n) is 2.97. The smallest absolute Gasteiger partial charge is 0.483 e. The molecule has 0 aliphatic rings. The monoisotopic (exact) mass is 406 g/mol. The molecule has 152 valence electrons. The van der Waals surface area contributed by atoms with Crippen molar-refractivity contribution in [2.45, 2.75) is 46.6 Å². The van der Waals surface area contributed by atoms with Crippen molar-refractivity contribution in [3.8, 4) is 17.2 Å². The average Bonchev–Trinajstić information content (AvgIpc) is 2.72. The van der Waals surface area contributed by atoms with Crippen molar-refractivity contribution in [1.29, 1.82) is 0 Å². The molecule has 3 aromatic carbocycles. The molecule has 0 fully saturated rings. The van der Waals surface area contributed by atoms with Gasteiger partial charge in [0.25, 0.3) is 0 Å². The Labute approximate surface area is 175 Å². The second-order valence-corrected chi connectivity index (χ2v) is 10.0. The molecule has 0 aliphatic heterocycles. The molecule has 4 heteroatoms. The van der Waals surface area contributed by atoms with Crippen molar-refractivity contribution >= 4 is 8.80 Å². The molecule has 0 unspecified atom stereocenters. The molecule has 0 heterocycles. The van der Waals surface area contributed by atoms with E-state index in [1.54, 1.807) is 0 Å². The van der Waals surface area contributed by atoms with Gasteiger partial charge >= 0.3 is 8.80 Å². The molecule has 29 heavy (non-hydrogen) atoms. The summed E-state index contributed by atoms with van der Waals surface area (Å²) in [6.07, 6.45) is 2.01. The quantitative estimate of drug-likeness (QED) is 0.362. The van der Waals surface area contributed by atoms with Crippen LogP contribution in [0.25, 0.3) is 0 Å². The molecular weight excluding hydrogens is 376 g/mol. The summed E-state index contributed by atoms with van der Waals surface area (Å²) in [5.41, 5.74) is 3.58. The van der Waals surface area contributed by atoms with Gasteiger partial charge in [0, 0.05) is 0 Å². The lowest BCUT2D eigenvalue weighted by Gasteiger charge is -2.30. The van der Waals surface area contributed by atoms with E-state index in [2.05, 4.69) is 27.7 Å². The van der Waals surface area contributed by atoms with Gasteiger partial charge in [0.15, 0.2) is 0 Å². The van der Waals surface area contributed by atoms with Crippen LogP contribution in [0.2, 0.25) is 6.04 Å². The number of hydrogen-bond acceptors (Lipinski definition) is 3. The highest BCUT2D eigenvalue weighted by atomic mass is 28.4. The van der Waals surface area contributed by atoms with Gasteiger partial charge in [-0.1, -0.05) is 66.4 Å². The molecule has 0 atom stereocenters. The van der Waals surface area contributed by atoms with Crippen LogP contribution < -0.4 is 13.3 Å². The van der Waals surface area contributed by atoms with E-state index < -0.39 is 8.80 Å². The number of aryl methyl sites for hydroxylation is 3. The van der Waals surface area contributed by atoms with Crippen LogP contribution in [0.5, 0.6) is 17.2 Å². The van der Waals surface area contributed by atoms with Gasteiger partial charge in [-0.05, 0) is 63.6 Å². The Bertz CT molecular complexity index is 771. The zero-order valence-corrected chi connectivity index (χ0v) is 18.8. The molecule has 0 amide bonds. The highest BCUT2D eigenvalue weighted by Gasteiger charge is 2.48. The summed E-state index contributed by atoms with van der Waals surface area (Å²) in [7, 11) is -3.09. The van der Waals surface area contributed by atoms with E-state index in [1.807, 2.05) is 72.8 Å². The zero-order chi connectivity index (χ0) is 20.7. The second-order valence-electron chi connectivity index (χ2n) is 7.53. The summed E-state index contributed by atoms with van der Waals surface area (Å²) in [5, 5.41) is 0. The van der Waals surface area contributed by atoms with Crippen molar-refractivity contribution < 1.29 is 13.3 Å². The summed E-state index contributed by atoms with van der Waals surface area (Å²) in [4.78, 5) is 0. The van der Waals surface area contributed by atoms with Gasteiger partial charge in [-0.2, -0.15) is 0 Å². The van der Waals surface area contributed by atoms with E-state index in [4.69, 9.17) is 13.3 Å². The summed E-state index contributed by atoms with van der Waals surface area (Å²) in [6.45, 7) is 8.37. The Morgan fingerprint density at radius 2 is 0.862 bits per heavy atom. The highest BCUT2D eigenvalue weighted by molar-refractivity contribution is 6.63. The molecule has 3 rings (SSSR count). The van der Waals surface area contributed by atoms with E-state index in [0.29, 0.717) is 0 Å². The maximum atomic E-state index is 6.52. The summed E-state index contributed by atoms with van der Waals surface area (Å²) < 4.78 is 19.6. The maximum Gasteiger partial charge on any atom is 0.699 e. The SMILES string of the molecule is CCCC[Si](Oc1ccc(C)cc1)(Oc1ccc(C)cc1)Oc1ccc(C)cc1. The largest absolute Gasteiger partial charge is 0.699 e. The van der Waals surface area contributed by atoms with Gasteiger partial charge in [0.1, 0.15) is 17.2 Å². The standard InChI is InChI=1S/C25H30O3Si/c1-5-6-19-29(26-23-13-7-20(2)8-14-23,27-24-15-9-21(3)10-16-24)28-25-17-11-22(4)12-18-25/h7-18H,5-6,19H2,1-4H3. The topological polar surface area (TPSA) is 27.7 Å². The van der Waals surface area contributed by atoms with E-state index in [9.17, 15) is 0 Å². The van der Waals surface area contributed by atoms with E-state index in [0.717, 1.165) is 36.1 Å². The first-order valence-electron chi connectivity index (χ1n) is 10.2. The van der Waals surface area contributed by atoms with Crippen molar-refractivity contribution in [2.24, 2.45) is 0 Å². The molecule has 0 bridgehead atoms. The van der Waals surface area contributed by atoms with Gasteiger partial charge in [0.05, 0.1) is 6.04 Å². The van der Waals surface area contributed by atoms with E-state index in [-0.39, 0.29) is 0 Å². The predicted octanol–water partition coefficient (Wildman–Crippen LogP) is 6.89. The number of rotatable bonds is 9. The van der Waals surface area contributed by atoms with Crippen LogP contribution in [0.1, 0.15) is 36.5 Å². The van der Waals surface area contributed by atoms with Crippen LogP contribution in [-0.2, 0) is 0 Å². The first-order chi connectivity index (χ1) is 14.0. The zero-order valence-electron chi connectivity index (χ0n) is 17.8. The Morgan fingerprint density at radius 3 is 1.14 bits per heavy atom. The number of benzene rings is 3. The predicted molar refractivity (Wildman–Crippen MR) is 121 cm³/mol. The van der Waals surface area contributed by atoms with Crippen molar-refractivity contribution in [2.75, 3.05) is 0 Å². The van der Waals surface area contributed by atoms with Crippen LogP contribution in [0, 0.1) is 20.8 Å². The first-order valence-corrected chi connectivity index (χ1v) is 12.2. The average molecular weight is 407 g/mol. The number of hydrogen-bond donors (Lipinski definition) is 0. The second kappa shape index (κ2) is 9.66. The molecule has 3 nitrogen and oxygen atoms in total. The Balaban J connectivity index is 1.96. The molecule has 0 spiro atoms. The van der Waals surface area contributed by atoms with Crippen molar-refractivity contribution in [1.82, 2.24) is 0 Å². The van der Waals surface area contributed by atoms with Crippen LogP contribution in [-0.4, -0.2) is 8.80 Å². The maximum absolute atomic E-state index is 6.52. The van der Waals surface area contributed by atoms with Crippen LogP contribution in [0.15, 0.2) is 72.8 Å². The number of unbranched alkanes of at least 4 members (excludes halogenated alkanes) is 1. The van der Waals surface area contributed by atoms with Crippen LogP contribution >= 0.6 is 0 Å².